The topological polar surface area (TPSA) is 32.3 Å². The van der Waals surface area contributed by atoms with Gasteiger partial charge in [-0.3, -0.25) is 0 Å². The molecule has 53 heavy (non-hydrogen) atoms. The molecule has 8 aromatic carbocycles. The highest BCUT2D eigenvalue weighted by atomic mass is 32.1. The fourth-order valence-electron chi connectivity index (χ4n) is 8.44. The van der Waals surface area contributed by atoms with Crippen molar-refractivity contribution in [2.75, 3.05) is 10.0 Å². The van der Waals surface area contributed by atoms with Crippen LogP contribution in [0.25, 0.3) is 75.0 Å². The van der Waals surface area contributed by atoms with E-state index in [1.54, 1.807) is 0 Å². The maximum Gasteiger partial charge on any atom is 0.251 e. The minimum Gasteiger partial charge on any atom is -0.246 e. The molecule has 5 heteroatoms. The van der Waals surface area contributed by atoms with Gasteiger partial charge in [0, 0.05) is 37.5 Å². The number of hydrogen-bond donors (Lipinski definition) is 0. The lowest BCUT2D eigenvalue weighted by molar-refractivity contribution is 0.932. The maximum absolute atomic E-state index is 5.63. The number of benzene rings is 8. The molecule has 0 saturated carbocycles. The van der Waals surface area contributed by atoms with Crippen LogP contribution in [0.1, 0.15) is 11.1 Å². The minimum absolute atomic E-state index is 0.628. The van der Waals surface area contributed by atoms with Crippen molar-refractivity contribution in [1.29, 1.82) is 0 Å². The molecule has 250 valence electrons. The second kappa shape index (κ2) is 11.5. The molecule has 4 nitrogen and oxygen atoms in total. The van der Waals surface area contributed by atoms with E-state index in [0.29, 0.717) is 5.95 Å². The molecule has 1 aliphatic heterocycles. The van der Waals surface area contributed by atoms with Crippen molar-refractivity contribution < 1.29 is 0 Å². The first-order valence-corrected chi connectivity index (χ1v) is 18.8. The van der Waals surface area contributed by atoms with Crippen LogP contribution in [0, 0.1) is 13.8 Å². The summed E-state index contributed by atoms with van der Waals surface area (Å²) < 4.78 is 2.47. The Morgan fingerprint density at radius 2 is 1.17 bits per heavy atom. The summed E-state index contributed by atoms with van der Waals surface area (Å²) in [6, 6.07) is 56.7. The van der Waals surface area contributed by atoms with Gasteiger partial charge in [-0.05, 0) is 70.8 Å². The third-order valence-corrected chi connectivity index (χ3v) is 12.0. The lowest BCUT2D eigenvalue weighted by Crippen LogP contribution is -2.40. The summed E-state index contributed by atoms with van der Waals surface area (Å²) in [6.45, 7) is 4.32. The van der Waals surface area contributed by atoms with E-state index >= 15 is 0 Å². The van der Waals surface area contributed by atoms with E-state index in [2.05, 4.69) is 182 Å². The Labute approximate surface area is 310 Å². The Hall–Kier alpha value is -6.56. The van der Waals surface area contributed by atoms with Crippen molar-refractivity contribution in [3.05, 3.63) is 169 Å². The van der Waals surface area contributed by atoms with Crippen molar-refractivity contribution in [2.24, 2.45) is 0 Å². The summed E-state index contributed by atoms with van der Waals surface area (Å²) >= 11 is 1.85. The second-order valence-electron chi connectivity index (χ2n) is 13.9. The first kappa shape index (κ1) is 30.1. The van der Waals surface area contributed by atoms with Crippen LogP contribution in [0.3, 0.4) is 0 Å². The smallest absolute Gasteiger partial charge is 0.246 e. The van der Waals surface area contributed by atoms with E-state index in [1.165, 1.54) is 58.4 Å². The van der Waals surface area contributed by atoms with Crippen LogP contribution >= 0.6 is 11.3 Å². The Bertz CT molecular complexity index is 3110. The van der Waals surface area contributed by atoms with Crippen LogP contribution in [-0.2, 0) is 0 Å². The number of hydrogen-bond acceptors (Lipinski definition) is 5. The summed E-state index contributed by atoms with van der Waals surface area (Å²) in [4.78, 5) is 11.2. The van der Waals surface area contributed by atoms with Crippen molar-refractivity contribution in [3.8, 4) is 22.4 Å². The maximum atomic E-state index is 5.63. The van der Waals surface area contributed by atoms with Crippen molar-refractivity contribution >= 4 is 87.0 Å². The van der Waals surface area contributed by atoms with E-state index in [-0.39, 0.29) is 0 Å². The highest BCUT2D eigenvalue weighted by Gasteiger charge is 2.38. The van der Waals surface area contributed by atoms with E-state index in [9.17, 15) is 0 Å². The Kier molecular flexibility index (Phi) is 6.52. The van der Waals surface area contributed by atoms with E-state index in [1.807, 2.05) is 11.3 Å². The second-order valence-corrected chi connectivity index (χ2v) is 14.9. The van der Waals surface area contributed by atoms with Crippen LogP contribution in [0.15, 0.2) is 158 Å². The van der Waals surface area contributed by atoms with Gasteiger partial charge in [0.05, 0.1) is 33.0 Å². The fourth-order valence-corrected chi connectivity index (χ4v) is 9.69. The zero-order valence-electron chi connectivity index (χ0n) is 29.2. The molecule has 2 aromatic heterocycles. The summed E-state index contributed by atoms with van der Waals surface area (Å²) in [6.07, 6.45) is 0. The molecule has 0 radical (unpaired) electrons. The van der Waals surface area contributed by atoms with E-state index < -0.39 is 0 Å². The van der Waals surface area contributed by atoms with Crippen LogP contribution < -0.4 is 10.0 Å². The molecule has 10 aromatic rings. The number of aryl methyl sites for hydroxylation is 2. The van der Waals surface area contributed by atoms with Crippen molar-refractivity contribution in [1.82, 2.24) is 9.97 Å². The summed E-state index contributed by atoms with van der Waals surface area (Å²) in [5, 5.41) is 13.1. The number of aromatic nitrogens is 2. The van der Waals surface area contributed by atoms with Gasteiger partial charge in [0.1, 0.15) is 0 Å². The molecular formula is C48H32N4S. The molecular weight excluding hydrogens is 665 g/mol. The molecule has 3 heterocycles. The summed E-state index contributed by atoms with van der Waals surface area (Å²) in [5.41, 5.74) is 10.9. The van der Waals surface area contributed by atoms with Crippen LogP contribution in [0.4, 0.5) is 23.0 Å². The third-order valence-electron chi connectivity index (χ3n) is 10.8. The lowest BCUT2D eigenvalue weighted by Gasteiger charge is -2.43. The lowest BCUT2D eigenvalue weighted by atomic mass is 9.87. The molecule has 0 fully saturated rings. The third kappa shape index (κ3) is 4.35. The normalized spacial score (nSPS) is 12.6. The van der Waals surface area contributed by atoms with Gasteiger partial charge < -0.3 is 0 Å². The average Bonchev–Trinajstić information content (AvgIpc) is 3.60. The van der Waals surface area contributed by atoms with Gasteiger partial charge in [0.2, 0.25) is 0 Å². The largest absolute Gasteiger partial charge is 0.251 e. The Balaban J connectivity index is 1.38. The number of rotatable bonds is 3. The number of para-hydroxylation sites is 2. The van der Waals surface area contributed by atoms with Gasteiger partial charge in [-0.15, -0.1) is 11.3 Å². The monoisotopic (exact) mass is 696 g/mol. The van der Waals surface area contributed by atoms with Crippen LogP contribution in [0.5, 0.6) is 0 Å². The van der Waals surface area contributed by atoms with Crippen LogP contribution in [0.2, 0.25) is 0 Å². The Morgan fingerprint density at radius 3 is 2.02 bits per heavy atom. The quantitative estimate of drug-likeness (QED) is 0.184. The van der Waals surface area contributed by atoms with E-state index in [0.717, 1.165) is 44.8 Å². The molecule has 0 unspecified atom stereocenters. The van der Waals surface area contributed by atoms with Gasteiger partial charge >= 0.3 is 0 Å². The highest BCUT2D eigenvalue weighted by Crippen LogP contribution is 2.59. The first-order valence-electron chi connectivity index (χ1n) is 18.0. The van der Waals surface area contributed by atoms with Crippen molar-refractivity contribution in [3.63, 3.8) is 0 Å². The molecule has 0 amide bonds. The number of anilines is 4. The van der Waals surface area contributed by atoms with E-state index in [4.69, 9.17) is 9.97 Å². The van der Waals surface area contributed by atoms with Crippen LogP contribution in [-0.4, -0.2) is 9.97 Å². The fraction of sp³-hybridized carbons (Fsp3) is 0.0417. The molecule has 0 spiro atoms. The van der Waals surface area contributed by atoms with Gasteiger partial charge in [0.25, 0.3) is 5.95 Å². The molecule has 0 atom stereocenters. The van der Waals surface area contributed by atoms with Gasteiger partial charge in [0.15, 0.2) is 0 Å². The standard InChI is InChI=1S/C48H32N4S/c1-29-15-6-8-20-33(29)45-38-25-14-16-30(2)44(38)49-48(50-45)52-46-43(36-23-11-10-22-35(36)41-37-24-12-13-26-40(37)53-47(41)46)42-34-21-9-7-17-31(34)27-28-39(42)51(52)32-18-4-3-5-19-32/h3-28H,1-2H3. The molecule has 11 rings (SSSR count). The van der Waals surface area contributed by atoms with Crippen molar-refractivity contribution in [2.45, 2.75) is 13.8 Å². The number of thiophene rings is 1. The zero-order chi connectivity index (χ0) is 35.2. The highest BCUT2D eigenvalue weighted by molar-refractivity contribution is 7.26. The number of nitrogens with zero attached hydrogens (tertiary/aromatic N) is 4. The molecule has 0 N–H and O–H groups in total. The first-order chi connectivity index (χ1) is 26.2. The Morgan fingerprint density at radius 1 is 0.491 bits per heavy atom. The molecule has 1 aliphatic rings. The molecule has 0 bridgehead atoms. The predicted molar refractivity (Wildman–Crippen MR) is 225 cm³/mol. The minimum atomic E-state index is 0.628. The number of fused-ring (bicyclic) bond motifs is 13. The SMILES string of the molecule is Cc1ccccc1-c1nc(N2c3c(c4ccccc4c4c3sc3ccccc34)-c3c(ccc4ccccc34)N2c2ccccc2)nc2c(C)cccc12. The zero-order valence-corrected chi connectivity index (χ0v) is 30.0. The van der Waals surface area contributed by atoms with Gasteiger partial charge in [-0.25, -0.2) is 20.0 Å². The van der Waals surface area contributed by atoms with Gasteiger partial charge in [-0.1, -0.05) is 133 Å². The molecule has 0 saturated heterocycles. The van der Waals surface area contributed by atoms with Gasteiger partial charge in [-0.2, -0.15) is 0 Å². The number of hydrazine groups is 1. The average molecular weight is 697 g/mol. The molecule has 0 aliphatic carbocycles. The summed E-state index contributed by atoms with van der Waals surface area (Å²) in [5.74, 6) is 0.628. The predicted octanol–water partition coefficient (Wildman–Crippen LogP) is 13.5. The summed E-state index contributed by atoms with van der Waals surface area (Å²) in [7, 11) is 0.